The summed E-state index contributed by atoms with van der Waals surface area (Å²) >= 11 is 0. The number of aryl methyl sites for hydroxylation is 1. The van der Waals surface area contributed by atoms with Crippen molar-refractivity contribution < 1.29 is 14.3 Å². The molecule has 0 aliphatic carbocycles. The Labute approximate surface area is 141 Å². The quantitative estimate of drug-likeness (QED) is 0.908. The Morgan fingerprint density at radius 2 is 2.17 bits per heavy atom. The maximum absolute atomic E-state index is 12.5. The molecule has 0 bridgehead atoms. The summed E-state index contributed by atoms with van der Waals surface area (Å²) in [7, 11) is 1.38. The van der Waals surface area contributed by atoms with Crippen molar-refractivity contribution in [2.75, 3.05) is 20.2 Å². The molecule has 2 aromatic rings. The molecule has 0 radical (unpaired) electrons. The zero-order chi connectivity index (χ0) is 17.1. The van der Waals surface area contributed by atoms with Crippen molar-refractivity contribution >= 4 is 22.9 Å². The van der Waals surface area contributed by atoms with Gasteiger partial charge in [-0.05, 0) is 31.4 Å². The summed E-state index contributed by atoms with van der Waals surface area (Å²) in [5, 5.41) is 4.14. The lowest BCUT2D eigenvalue weighted by Gasteiger charge is -2.32. The van der Waals surface area contributed by atoms with Crippen LogP contribution in [0.1, 0.15) is 24.1 Å². The molecule has 128 valence electrons. The first kappa shape index (κ1) is 16.4. The third kappa shape index (κ3) is 3.37. The van der Waals surface area contributed by atoms with E-state index in [0.717, 1.165) is 35.0 Å². The second-order valence-corrected chi connectivity index (χ2v) is 6.27. The van der Waals surface area contributed by atoms with Crippen LogP contribution in [0.4, 0.5) is 4.79 Å². The zero-order valence-corrected chi connectivity index (χ0v) is 14.1. The van der Waals surface area contributed by atoms with Crippen molar-refractivity contribution in [2.45, 2.75) is 32.2 Å². The number of nitrogens with zero attached hydrogens (tertiary/aromatic N) is 1. The van der Waals surface area contributed by atoms with Gasteiger partial charge in [0.15, 0.2) is 0 Å². The van der Waals surface area contributed by atoms with Gasteiger partial charge in [-0.3, -0.25) is 4.79 Å². The van der Waals surface area contributed by atoms with Crippen LogP contribution in [0.15, 0.2) is 24.3 Å². The molecule has 2 heterocycles. The average molecular weight is 329 g/mol. The van der Waals surface area contributed by atoms with Crippen LogP contribution in [0.3, 0.4) is 0 Å². The number of benzene rings is 1. The van der Waals surface area contributed by atoms with Crippen LogP contribution in [-0.4, -0.2) is 48.1 Å². The summed E-state index contributed by atoms with van der Waals surface area (Å²) in [5.41, 5.74) is 3.10. The number of H-pyrrole nitrogens is 1. The van der Waals surface area contributed by atoms with E-state index in [1.165, 1.54) is 7.11 Å². The number of ether oxygens (including phenoxy) is 1. The first-order chi connectivity index (χ1) is 11.6. The number of carbonyl (C=O) groups is 2. The minimum absolute atomic E-state index is 0.0143. The van der Waals surface area contributed by atoms with E-state index < -0.39 is 0 Å². The predicted octanol–water partition coefficient (Wildman–Crippen LogP) is 2.37. The topological polar surface area (TPSA) is 74.4 Å². The molecule has 0 unspecified atom stereocenters. The highest BCUT2D eigenvalue weighted by molar-refractivity contribution is 5.90. The van der Waals surface area contributed by atoms with E-state index in [1.807, 2.05) is 31.2 Å². The molecule has 1 aliphatic heterocycles. The maximum atomic E-state index is 12.5. The van der Waals surface area contributed by atoms with Gasteiger partial charge in [-0.15, -0.1) is 0 Å². The molecule has 6 nitrogen and oxygen atoms in total. The van der Waals surface area contributed by atoms with Crippen molar-refractivity contribution in [2.24, 2.45) is 0 Å². The van der Waals surface area contributed by atoms with Crippen LogP contribution in [0.25, 0.3) is 10.9 Å². The number of rotatable bonds is 3. The van der Waals surface area contributed by atoms with Gasteiger partial charge in [0.2, 0.25) is 5.91 Å². The summed E-state index contributed by atoms with van der Waals surface area (Å²) < 4.78 is 4.76. The van der Waals surface area contributed by atoms with Crippen LogP contribution in [0.5, 0.6) is 0 Å². The predicted molar refractivity (Wildman–Crippen MR) is 91.9 cm³/mol. The lowest BCUT2D eigenvalue weighted by molar-refractivity contribution is -0.121. The highest BCUT2D eigenvalue weighted by atomic mass is 16.5. The molecule has 1 aromatic carbocycles. The van der Waals surface area contributed by atoms with Gasteiger partial charge in [-0.25, -0.2) is 4.79 Å². The Morgan fingerprint density at radius 1 is 1.38 bits per heavy atom. The minimum Gasteiger partial charge on any atom is -0.453 e. The van der Waals surface area contributed by atoms with Crippen LogP contribution < -0.4 is 5.32 Å². The Balaban J connectivity index is 1.65. The number of carbonyl (C=O) groups excluding carboxylic acids is 2. The minimum atomic E-state index is -0.332. The van der Waals surface area contributed by atoms with Crippen molar-refractivity contribution in [1.29, 1.82) is 0 Å². The zero-order valence-electron chi connectivity index (χ0n) is 14.1. The number of aromatic amines is 1. The Hall–Kier alpha value is -2.50. The molecule has 3 rings (SSSR count). The summed E-state index contributed by atoms with van der Waals surface area (Å²) in [6.45, 7) is 3.17. The first-order valence-corrected chi connectivity index (χ1v) is 8.27. The second kappa shape index (κ2) is 6.95. The van der Waals surface area contributed by atoms with Crippen LogP contribution in [0.2, 0.25) is 0 Å². The Bertz CT molecular complexity index is 753. The maximum Gasteiger partial charge on any atom is 0.409 e. The lowest BCUT2D eigenvalue weighted by atomic mass is 10.0. The normalized spacial score (nSPS) is 17.8. The molecule has 1 aromatic heterocycles. The third-order valence-corrected chi connectivity index (χ3v) is 4.58. The Morgan fingerprint density at radius 3 is 2.96 bits per heavy atom. The fourth-order valence-electron chi connectivity index (χ4n) is 3.39. The number of hydrogen-bond acceptors (Lipinski definition) is 3. The standard InChI is InChI=1S/C18H23N3O3/c1-12-15(14-7-3-4-8-16(14)19-12)10-17(22)20-13-6-5-9-21(11-13)18(23)24-2/h3-4,7-8,13,19H,5-6,9-11H2,1-2H3,(H,20,22)/t13-/m0/s1. The van der Waals surface area contributed by atoms with E-state index in [2.05, 4.69) is 10.3 Å². The fraction of sp³-hybridized carbons (Fsp3) is 0.444. The van der Waals surface area contributed by atoms with Crippen LogP contribution in [0, 0.1) is 6.92 Å². The van der Waals surface area contributed by atoms with Crippen molar-refractivity contribution in [1.82, 2.24) is 15.2 Å². The number of para-hydroxylation sites is 1. The first-order valence-electron chi connectivity index (χ1n) is 8.27. The van der Waals surface area contributed by atoms with E-state index in [4.69, 9.17) is 4.74 Å². The molecule has 1 aliphatic rings. The van der Waals surface area contributed by atoms with Gasteiger partial charge < -0.3 is 19.9 Å². The second-order valence-electron chi connectivity index (χ2n) is 6.27. The molecular formula is C18H23N3O3. The summed E-state index contributed by atoms with van der Waals surface area (Å²) in [6, 6.07) is 7.98. The number of nitrogens with one attached hydrogen (secondary N) is 2. The number of aromatic nitrogens is 1. The Kier molecular flexibility index (Phi) is 4.74. The fourth-order valence-corrected chi connectivity index (χ4v) is 3.39. The van der Waals surface area contributed by atoms with Gasteiger partial charge >= 0.3 is 6.09 Å². The number of hydrogen-bond donors (Lipinski definition) is 2. The molecule has 1 fully saturated rings. The number of piperidine rings is 1. The van der Waals surface area contributed by atoms with E-state index in [9.17, 15) is 9.59 Å². The van der Waals surface area contributed by atoms with Gasteiger partial charge in [0.1, 0.15) is 0 Å². The van der Waals surface area contributed by atoms with E-state index >= 15 is 0 Å². The molecule has 2 amide bonds. The molecule has 1 saturated heterocycles. The SMILES string of the molecule is COC(=O)N1CCC[C@H](NC(=O)Cc2c(C)[nH]c3ccccc23)C1. The number of likely N-dealkylation sites (tertiary alicyclic amines) is 1. The van der Waals surface area contributed by atoms with Crippen molar-refractivity contribution in [3.05, 3.63) is 35.5 Å². The van der Waals surface area contributed by atoms with E-state index in [0.29, 0.717) is 19.5 Å². The largest absolute Gasteiger partial charge is 0.453 e. The van der Waals surface area contributed by atoms with Gasteiger partial charge in [0.25, 0.3) is 0 Å². The monoisotopic (exact) mass is 329 g/mol. The highest BCUT2D eigenvalue weighted by Crippen LogP contribution is 2.22. The number of fused-ring (bicyclic) bond motifs is 1. The van der Waals surface area contributed by atoms with Gasteiger partial charge in [0.05, 0.1) is 13.5 Å². The van der Waals surface area contributed by atoms with Gasteiger partial charge in [-0.2, -0.15) is 0 Å². The molecule has 0 saturated carbocycles. The number of methoxy groups -OCH3 is 1. The van der Waals surface area contributed by atoms with Crippen LogP contribution >= 0.6 is 0 Å². The smallest absolute Gasteiger partial charge is 0.409 e. The summed E-state index contributed by atoms with van der Waals surface area (Å²) in [6.07, 6.45) is 1.75. The van der Waals surface area contributed by atoms with Gasteiger partial charge in [-0.1, -0.05) is 18.2 Å². The third-order valence-electron chi connectivity index (χ3n) is 4.58. The molecule has 6 heteroatoms. The van der Waals surface area contributed by atoms with E-state index in [-0.39, 0.29) is 18.0 Å². The highest BCUT2D eigenvalue weighted by Gasteiger charge is 2.25. The average Bonchev–Trinajstić information content (AvgIpc) is 2.90. The summed E-state index contributed by atoms with van der Waals surface area (Å²) in [5.74, 6) is -0.0143. The molecule has 1 atom stereocenters. The molecular weight excluding hydrogens is 306 g/mol. The molecule has 24 heavy (non-hydrogen) atoms. The molecule has 0 spiro atoms. The number of amides is 2. The summed E-state index contributed by atoms with van der Waals surface area (Å²) in [4.78, 5) is 29.1. The van der Waals surface area contributed by atoms with Crippen molar-refractivity contribution in [3.63, 3.8) is 0 Å². The molecule has 2 N–H and O–H groups in total. The van der Waals surface area contributed by atoms with Crippen LogP contribution in [-0.2, 0) is 16.0 Å². The van der Waals surface area contributed by atoms with E-state index in [1.54, 1.807) is 4.90 Å². The lowest BCUT2D eigenvalue weighted by Crippen LogP contribution is -2.49. The van der Waals surface area contributed by atoms with Crippen molar-refractivity contribution in [3.8, 4) is 0 Å². The van der Waals surface area contributed by atoms with Gasteiger partial charge in [0, 0.05) is 35.7 Å².